The van der Waals surface area contributed by atoms with E-state index in [1.165, 1.54) is 17.7 Å². The third-order valence-corrected chi connectivity index (χ3v) is 3.87. The number of amides is 1. The molecule has 2 rings (SSSR count). The molecule has 0 spiro atoms. The molecule has 1 aromatic carbocycles. The van der Waals surface area contributed by atoms with E-state index in [9.17, 15) is 30.1 Å². The molecule has 2 N–H and O–H groups in total. The van der Waals surface area contributed by atoms with E-state index in [-0.39, 0.29) is 29.3 Å². The number of nitro benzene ring substituents is 1. The maximum atomic E-state index is 12.3. The number of anilines is 1. The molecule has 0 fully saturated rings. The fraction of sp³-hybridized carbons (Fsp3) is 0.333. The number of rotatable bonds is 6. The van der Waals surface area contributed by atoms with Gasteiger partial charge < -0.3 is 10.4 Å². The summed E-state index contributed by atoms with van der Waals surface area (Å²) < 4.78 is 1.38. The Labute approximate surface area is 147 Å². The second-order valence-corrected chi connectivity index (χ2v) is 5.81. The van der Waals surface area contributed by atoms with Crippen molar-refractivity contribution < 1.29 is 19.7 Å². The average molecular weight is 363 g/mol. The van der Waals surface area contributed by atoms with Gasteiger partial charge in [-0.25, -0.2) is 0 Å². The zero-order chi connectivity index (χ0) is 19.6. The Morgan fingerprint density at radius 1 is 1.31 bits per heavy atom. The third kappa shape index (κ3) is 3.77. The number of phenols is 1. The van der Waals surface area contributed by atoms with Crippen molar-refractivity contribution in [3.63, 3.8) is 0 Å². The molecule has 0 radical (unpaired) electrons. The summed E-state index contributed by atoms with van der Waals surface area (Å²) in [4.78, 5) is 32.8. The third-order valence-electron chi connectivity index (χ3n) is 3.87. The van der Waals surface area contributed by atoms with E-state index in [4.69, 9.17) is 0 Å². The number of aryl methyl sites for hydroxylation is 1. The minimum absolute atomic E-state index is 0.0341. The molecule has 0 aliphatic carbocycles. The number of nitrogens with one attached hydrogen (secondary N) is 1. The van der Waals surface area contributed by atoms with Gasteiger partial charge in [0.25, 0.3) is 5.69 Å². The van der Waals surface area contributed by atoms with E-state index in [1.807, 2.05) is 0 Å². The Morgan fingerprint density at radius 2 is 1.96 bits per heavy atom. The summed E-state index contributed by atoms with van der Waals surface area (Å²) in [6, 6.07) is 3.32. The second-order valence-electron chi connectivity index (χ2n) is 5.81. The highest BCUT2D eigenvalue weighted by molar-refractivity contribution is 5.93. The summed E-state index contributed by atoms with van der Waals surface area (Å²) in [5.74, 6) is -1.52. The Morgan fingerprint density at radius 3 is 2.46 bits per heavy atom. The van der Waals surface area contributed by atoms with Crippen molar-refractivity contribution in [3.05, 3.63) is 49.8 Å². The van der Waals surface area contributed by atoms with Crippen LogP contribution in [0.4, 0.5) is 17.1 Å². The van der Waals surface area contributed by atoms with E-state index >= 15 is 0 Å². The number of nitrogens with zero attached hydrogens (tertiary/aromatic N) is 4. The number of carbonyl (C=O) groups is 1. The number of aromatic nitrogens is 2. The standard InChI is InChI=1S/C15H17N5O6/c1-8(7-18-10(3)14(20(25)26)9(2)17-18)15(22)16-12-5-4-11(19(23)24)6-13(12)21/h4-6,8,21H,7H2,1-3H3,(H,16,22). The summed E-state index contributed by atoms with van der Waals surface area (Å²) in [7, 11) is 0. The van der Waals surface area contributed by atoms with Gasteiger partial charge in [-0.1, -0.05) is 6.92 Å². The largest absolute Gasteiger partial charge is 0.506 e. The van der Waals surface area contributed by atoms with Crippen molar-refractivity contribution in [3.8, 4) is 5.75 Å². The molecular formula is C15H17N5O6. The van der Waals surface area contributed by atoms with Gasteiger partial charge in [-0.3, -0.25) is 29.7 Å². The lowest BCUT2D eigenvalue weighted by atomic mass is 10.1. The lowest BCUT2D eigenvalue weighted by Crippen LogP contribution is -2.25. The molecule has 1 heterocycles. The summed E-state index contributed by atoms with van der Waals surface area (Å²) in [5.41, 5.74) is 0.236. The molecule has 0 saturated heterocycles. The number of hydrogen-bond acceptors (Lipinski definition) is 7. The lowest BCUT2D eigenvalue weighted by molar-refractivity contribution is -0.386. The molecular weight excluding hydrogens is 346 g/mol. The van der Waals surface area contributed by atoms with Gasteiger partial charge in [-0.15, -0.1) is 0 Å². The van der Waals surface area contributed by atoms with E-state index < -0.39 is 27.4 Å². The molecule has 1 unspecified atom stereocenters. The van der Waals surface area contributed by atoms with Crippen molar-refractivity contribution in [2.45, 2.75) is 27.3 Å². The van der Waals surface area contributed by atoms with Gasteiger partial charge in [0.1, 0.15) is 17.1 Å². The predicted octanol–water partition coefficient (Wildman–Crippen LogP) is 2.30. The topological polar surface area (TPSA) is 153 Å². The van der Waals surface area contributed by atoms with Crippen LogP contribution in [0, 0.1) is 40.0 Å². The molecule has 1 aromatic heterocycles. The minimum Gasteiger partial charge on any atom is -0.506 e. The van der Waals surface area contributed by atoms with Crippen LogP contribution in [0.5, 0.6) is 5.75 Å². The van der Waals surface area contributed by atoms with Crippen molar-refractivity contribution >= 4 is 23.0 Å². The van der Waals surface area contributed by atoms with Crippen LogP contribution in [0.1, 0.15) is 18.3 Å². The van der Waals surface area contributed by atoms with Crippen molar-refractivity contribution in [2.75, 3.05) is 5.32 Å². The van der Waals surface area contributed by atoms with Gasteiger partial charge in [-0.2, -0.15) is 5.10 Å². The Hall–Kier alpha value is -3.50. The monoisotopic (exact) mass is 363 g/mol. The molecule has 26 heavy (non-hydrogen) atoms. The van der Waals surface area contributed by atoms with Crippen LogP contribution in [0.25, 0.3) is 0 Å². The van der Waals surface area contributed by atoms with E-state index in [0.717, 1.165) is 12.1 Å². The zero-order valence-electron chi connectivity index (χ0n) is 14.3. The average Bonchev–Trinajstić information content (AvgIpc) is 2.82. The van der Waals surface area contributed by atoms with E-state index in [1.54, 1.807) is 13.8 Å². The van der Waals surface area contributed by atoms with Gasteiger partial charge >= 0.3 is 5.69 Å². The Balaban J connectivity index is 2.12. The summed E-state index contributed by atoms with van der Waals surface area (Å²) in [6.45, 7) is 4.76. The van der Waals surface area contributed by atoms with Crippen LogP contribution in [0.15, 0.2) is 18.2 Å². The van der Waals surface area contributed by atoms with Crippen LogP contribution in [-0.2, 0) is 11.3 Å². The first-order valence-electron chi connectivity index (χ1n) is 7.58. The number of aromatic hydroxyl groups is 1. The maximum Gasteiger partial charge on any atom is 0.312 e. The van der Waals surface area contributed by atoms with Gasteiger partial charge in [-0.05, 0) is 19.9 Å². The fourth-order valence-electron chi connectivity index (χ4n) is 2.47. The highest BCUT2D eigenvalue weighted by atomic mass is 16.6. The number of nitro groups is 2. The van der Waals surface area contributed by atoms with Crippen molar-refractivity contribution in [2.24, 2.45) is 5.92 Å². The number of benzene rings is 1. The van der Waals surface area contributed by atoms with Crippen LogP contribution in [0.3, 0.4) is 0 Å². The predicted molar refractivity (Wildman–Crippen MR) is 90.9 cm³/mol. The first-order valence-corrected chi connectivity index (χ1v) is 7.58. The number of phenolic OH excluding ortho intramolecular Hbond substituents is 1. The zero-order valence-corrected chi connectivity index (χ0v) is 14.3. The number of carbonyl (C=O) groups excluding carboxylic acids is 1. The molecule has 2 aromatic rings. The van der Waals surface area contributed by atoms with Crippen molar-refractivity contribution in [1.82, 2.24) is 9.78 Å². The molecule has 11 nitrogen and oxygen atoms in total. The SMILES string of the molecule is Cc1nn(CC(C)C(=O)Nc2ccc([N+](=O)[O-])cc2O)c(C)c1[N+](=O)[O-]. The molecule has 0 bridgehead atoms. The summed E-state index contributed by atoms with van der Waals surface area (Å²) in [5, 5.41) is 38.0. The van der Waals surface area contributed by atoms with E-state index in [0.29, 0.717) is 5.69 Å². The molecule has 138 valence electrons. The fourth-order valence-corrected chi connectivity index (χ4v) is 2.47. The van der Waals surface area contributed by atoms with Crippen LogP contribution < -0.4 is 5.32 Å². The normalized spacial score (nSPS) is 11.8. The summed E-state index contributed by atoms with van der Waals surface area (Å²) in [6.07, 6.45) is 0. The number of hydrogen-bond donors (Lipinski definition) is 2. The second kappa shape index (κ2) is 7.17. The smallest absolute Gasteiger partial charge is 0.312 e. The van der Waals surface area contributed by atoms with Crippen LogP contribution in [0.2, 0.25) is 0 Å². The van der Waals surface area contributed by atoms with Crippen LogP contribution >= 0.6 is 0 Å². The quantitative estimate of drug-likeness (QED) is 0.453. The van der Waals surface area contributed by atoms with Crippen molar-refractivity contribution in [1.29, 1.82) is 0 Å². The van der Waals surface area contributed by atoms with Gasteiger partial charge in [0.2, 0.25) is 5.91 Å². The first kappa shape index (κ1) is 18.8. The lowest BCUT2D eigenvalue weighted by Gasteiger charge is -2.14. The van der Waals surface area contributed by atoms with Gasteiger partial charge in [0.05, 0.1) is 34.1 Å². The van der Waals surface area contributed by atoms with Crippen LogP contribution in [-0.4, -0.2) is 30.6 Å². The molecule has 0 aliphatic rings. The maximum absolute atomic E-state index is 12.3. The van der Waals surface area contributed by atoms with E-state index in [2.05, 4.69) is 10.4 Å². The highest BCUT2D eigenvalue weighted by Gasteiger charge is 2.24. The Kier molecular flexibility index (Phi) is 5.19. The molecule has 0 saturated carbocycles. The molecule has 11 heteroatoms. The Bertz CT molecular complexity index is 891. The minimum atomic E-state index is -0.663. The highest BCUT2D eigenvalue weighted by Crippen LogP contribution is 2.28. The molecule has 1 atom stereocenters. The summed E-state index contributed by atoms with van der Waals surface area (Å²) >= 11 is 0. The van der Waals surface area contributed by atoms with Gasteiger partial charge in [0.15, 0.2) is 0 Å². The molecule has 0 aliphatic heterocycles. The molecule has 1 amide bonds. The first-order chi connectivity index (χ1) is 12.1. The number of non-ortho nitro benzene ring substituents is 1. The van der Waals surface area contributed by atoms with Gasteiger partial charge in [0, 0.05) is 6.07 Å².